The van der Waals surface area contributed by atoms with Gasteiger partial charge in [-0.3, -0.25) is 10.1 Å². The van der Waals surface area contributed by atoms with E-state index in [1.807, 2.05) is 13.0 Å². The summed E-state index contributed by atoms with van der Waals surface area (Å²) in [4.78, 5) is 9.97. The van der Waals surface area contributed by atoms with E-state index in [1.54, 1.807) is 18.2 Å². The Labute approximate surface area is 168 Å². The summed E-state index contributed by atoms with van der Waals surface area (Å²) in [5.41, 5.74) is 7.24. The first-order valence-corrected chi connectivity index (χ1v) is 8.45. The van der Waals surface area contributed by atoms with Gasteiger partial charge in [0.1, 0.15) is 5.48 Å². The molecule has 0 aliphatic carbocycles. The minimum Gasteiger partial charge on any atom is -0.454 e. The zero-order chi connectivity index (χ0) is 23.7. The lowest BCUT2D eigenvalue weighted by Gasteiger charge is -2.05. The molecule has 0 radical (unpaired) electrons. The molecule has 0 spiro atoms. The molecule has 1 atom stereocenters. The molecule has 0 aromatic heterocycles. The van der Waals surface area contributed by atoms with Gasteiger partial charge in [-0.05, 0) is 48.7 Å². The van der Waals surface area contributed by atoms with Gasteiger partial charge in [-0.1, -0.05) is 12.1 Å². The fraction of sp³-hybridized carbons (Fsp3) is 0.300. The van der Waals surface area contributed by atoms with Crippen LogP contribution in [0.3, 0.4) is 0 Å². The summed E-state index contributed by atoms with van der Waals surface area (Å²) in [6, 6.07) is 10.0. The molecule has 0 fully saturated rings. The summed E-state index contributed by atoms with van der Waals surface area (Å²) in [5, 5.41) is 10.5. The van der Waals surface area contributed by atoms with E-state index in [0.29, 0.717) is 17.1 Å². The average molecular weight is 390 g/mol. The van der Waals surface area contributed by atoms with Crippen molar-refractivity contribution in [1.82, 2.24) is 0 Å². The van der Waals surface area contributed by atoms with Crippen molar-refractivity contribution in [2.75, 3.05) is 13.5 Å². The Morgan fingerprint density at radius 2 is 1.71 bits per heavy atom. The Morgan fingerprint density at radius 3 is 2.32 bits per heavy atom. The molecule has 0 saturated heterocycles. The fourth-order valence-electron chi connectivity index (χ4n) is 2.51. The number of nitrogens with two attached hydrogens (primary N) is 1. The largest absolute Gasteiger partial charge is 0.454 e. The first kappa shape index (κ1) is 14.8. The zero-order valence-corrected chi connectivity index (χ0v) is 15.3. The number of hydrogen-bond acceptors (Lipinski definition) is 7. The van der Waals surface area contributed by atoms with Crippen molar-refractivity contribution < 1.29 is 29.4 Å². The highest BCUT2D eigenvalue weighted by Gasteiger charge is 2.14. The van der Waals surface area contributed by atoms with E-state index in [4.69, 9.17) is 30.2 Å². The number of rotatable bonds is 4. The molecule has 28 heavy (non-hydrogen) atoms. The molecule has 2 aliphatic rings. The molecule has 2 aromatic rings. The van der Waals surface area contributed by atoms with E-state index in [0.717, 1.165) is 12.0 Å². The van der Waals surface area contributed by atoms with Gasteiger partial charge in [0.15, 0.2) is 23.0 Å². The Morgan fingerprint density at radius 1 is 1.14 bits per heavy atom. The minimum absolute atomic E-state index is 0.00752. The summed E-state index contributed by atoms with van der Waals surface area (Å²) >= 11 is 0. The van der Waals surface area contributed by atoms with E-state index in [9.17, 15) is 10.1 Å². The maximum atomic E-state index is 10.5. The van der Waals surface area contributed by atoms with Crippen LogP contribution >= 0.6 is 0 Å². The number of allylic oxidation sites excluding steroid dienone is 1. The third kappa shape index (κ3) is 4.92. The van der Waals surface area contributed by atoms with Gasteiger partial charge in [0.25, 0.3) is 0 Å². The molecule has 2 N–H and O–H groups in total. The van der Waals surface area contributed by atoms with Gasteiger partial charge in [0, 0.05) is 19.0 Å². The average Bonchev–Trinajstić information content (AvgIpc) is 3.13. The molecule has 4 rings (SSSR count). The Balaban J connectivity index is 0.000000182. The predicted molar refractivity (Wildman–Crippen MR) is 103 cm³/mol. The van der Waals surface area contributed by atoms with Crippen molar-refractivity contribution in [2.45, 2.75) is 26.3 Å². The van der Waals surface area contributed by atoms with Gasteiger partial charge in [-0.2, -0.15) is 0 Å². The van der Waals surface area contributed by atoms with Crippen molar-refractivity contribution in [2.24, 2.45) is 5.73 Å². The van der Waals surface area contributed by atoms with Crippen LogP contribution in [-0.4, -0.2) is 24.5 Å². The van der Waals surface area contributed by atoms with Gasteiger partial charge in [0.2, 0.25) is 19.2 Å². The quantitative estimate of drug-likeness (QED) is 0.630. The lowest BCUT2D eigenvalue weighted by atomic mass is 10.1. The summed E-state index contributed by atoms with van der Waals surface area (Å²) in [6.07, 6.45) is 2.11. The molecule has 2 heterocycles. The van der Waals surface area contributed by atoms with Crippen LogP contribution in [0.2, 0.25) is 0 Å². The molecular formula is C20H22N2O6. The van der Waals surface area contributed by atoms with Crippen molar-refractivity contribution in [3.63, 3.8) is 0 Å². The number of ether oxygens (including phenoxy) is 4. The van der Waals surface area contributed by atoms with Crippen LogP contribution < -0.4 is 24.7 Å². The third-order valence-electron chi connectivity index (χ3n) is 3.80. The molecule has 0 bridgehead atoms. The number of hydrogen-bond donors (Lipinski definition) is 1. The molecule has 2 aliphatic heterocycles. The highest BCUT2D eigenvalue weighted by atomic mass is 16.7. The molecule has 0 saturated carbocycles. The lowest BCUT2D eigenvalue weighted by Crippen LogP contribution is -2.17. The zero-order valence-electron chi connectivity index (χ0n) is 19.3. The van der Waals surface area contributed by atoms with Crippen LogP contribution in [-0.2, 0) is 6.42 Å². The van der Waals surface area contributed by atoms with Crippen molar-refractivity contribution in [3.8, 4) is 23.0 Å². The molecule has 2 aromatic carbocycles. The normalized spacial score (nSPS) is 20.6. The van der Waals surface area contributed by atoms with Crippen LogP contribution in [0.4, 0.5) is 0 Å². The maximum absolute atomic E-state index is 10.5. The highest BCUT2D eigenvalue weighted by molar-refractivity contribution is 5.57. The SMILES string of the molecule is [2H]C1([2H])Oc2ccc(/C=C(\C)[N+](=O)[O-])cc2O1.[2H]C1([2H])Oc2ccc(CC(C)N)cc2O1. The van der Waals surface area contributed by atoms with Gasteiger partial charge < -0.3 is 24.7 Å². The van der Waals surface area contributed by atoms with Crippen LogP contribution in [0.25, 0.3) is 6.08 Å². The standard InChI is InChI=1S/C10H9NO4.C10H13NO2/c1-7(11(12)13)4-8-2-3-9-10(5-8)15-6-14-9;1-7(11)4-8-2-3-9-10(5-8)13-6-12-9/h2-5H,6H2,1H3;2-3,5,7H,4,6,11H2,1H3/b7-4+;/i2*6D2. The van der Waals surface area contributed by atoms with E-state index in [1.165, 1.54) is 25.1 Å². The minimum atomic E-state index is -2.18. The first-order valence-electron chi connectivity index (χ1n) is 10.4. The second-order valence-electron chi connectivity index (χ2n) is 6.29. The topological polar surface area (TPSA) is 106 Å². The van der Waals surface area contributed by atoms with E-state index in [-0.39, 0.29) is 23.2 Å². The van der Waals surface area contributed by atoms with Crippen molar-refractivity contribution in [1.29, 1.82) is 0 Å². The van der Waals surface area contributed by atoms with Gasteiger partial charge in [0.05, 0.1) is 4.92 Å². The number of benzene rings is 2. The third-order valence-corrected chi connectivity index (χ3v) is 3.80. The smallest absolute Gasteiger partial charge is 0.243 e. The van der Waals surface area contributed by atoms with Crippen LogP contribution in [0.15, 0.2) is 42.1 Å². The van der Waals surface area contributed by atoms with E-state index >= 15 is 0 Å². The summed E-state index contributed by atoms with van der Waals surface area (Å²) in [7, 11) is 0. The Kier molecular flexibility index (Phi) is 4.54. The number of nitrogens with zero attached hydrogens (tertiary/aromatic N) is 1. The second kappa shape index (κ2) is 8.62. The predicted octanol–water partition coefficient (Wildman–Crippen LogP) is 3.36. The monoisotopic (exact) mass is 390 g/mol. The van der Waals surface area contributed by atoms with Crippen LogP contribution in [0, 0.1) is 10.1 Å². The van der Waals surface area contributed by atoms with Crippen LogP contribution in [0.1, 0.15) is 30.5 Å². The van der Waals surface area contributed by atoms with Crippen molar-refractivity contribution in [3.05, 3.63) is 63.3 Å². The summed E-state index contributed by atoms with van der Waals surface area (Å²) in [6.45, 7) is -0.925. The number of nitro groups is 1. The first-order chi connectivity index (χ1) is 14.8. The molecule has 148 valence electrons. The van der Waals surface area contributed by atoms with Gasteiger partial charge in [-0.15, -0.1) is 0 Å². The summed E-state index contributed by atoms with van der Waals surface area (Å²) < 4.78 is 48.7. The maximum Gasteiger partial charge on any atom is 0.243 e. The molecular weight excluding hydrogens is 364 g/mol. The van der Waals surface area contributed by atoms with Gasteiger partial charge >= 0.3 is 0 Å². The molecule has 0 amide bonds. The van der Waals surface area contributed by atoms with E-state index < -0.39 is 18.4 Å². The van der Waals surface area contributed by atoms with Crippen LogP contribution in [0.5, 0.6) is 23.0 Å². The Hall–Kier alpha value is -3.26. The summed E-state index contributed by atoms with van der Waals surface area (Å²) in [5.74, 6) is 1.40. The Bertz CT molecular complexity index is 1060. The molecule has 8 nitrogen and oxygen atoms in total. The lowest BCUT2D eigenvalue weighted by molar-refractivity contribution is -0.422. The van der Waals surface area contributed by atoms with Crippen molar-refractivity contribution >= 4 is 6.08 Å². The second-order valence-corrected chi connectivity index (χ2v) is 6.29. The van der Waals surface area contributed by atoms with Gasteiger partial charge in [-0.25, -0.2) is 0 Å². The van der Waals surface area contributed by atoms with E-state index in [2.05, 4.69) is 0 Å². The fourth-order valence-corrected chi connectivity index (χ4v) is 2.51. The highest BCUT2D eigenvalue weighted by Crippen LogP contribution is 2.33. The molecule has 1 unspecified atom stereocenters. The molecule has 8 heteroatoms. The number of fused-ring (bicyclic) bond motifs is 2.